The monoisotopic (exact) mass is 322 g/mol. The first-order valence-electron chi connectivity index (χ1n) is 7.95. The van der Waals surface area contributed by atoms with Crippen molar-refractivity contribution in [2.75, 3.05) is 36.4 Å². The van der Waals surface area contributed by atoms with Gasteiger partial charge in [-0.3, -0.25) is 0 Å². The van der Waals surface area contributed by atoms with Crippen LogP contribution >= 0.6 is 0 Å². The SMILES string of the molecule is O=C(Nc1ccnnc1)N1CCN(c2cccc3[nH]ccc23)CC1. The standard InChI is InChI=1S/C17H18N6O/c24-17(21-13-4-7-19-20-12-13)23-10-8-22(9-11-23)16-3-1-2-15-14(16)5-6-18-15/h1-7,12,18H,8-11H2,(H,19,21,24). The second kappa shape index (κ2) is 6.19. The summed E-state index contributed by atoms with van der Waals surface area (Å²) in [6.07, 6.45) is 5.06. The molecule has 1 aliphatic heterocycles. The molecule has 3 heterocycles. The average Bonchev–Trinajstić information content (AvgIpc) is 3.11. The van der Waals surface area contributed by atoms with Crippen LogP contribution in [0.3, 0.4) is 0 Å². The van der Waals surface area contributed by atoms with E-state index in [9.17, 15) is 4.79 Å². The van der Waals surface area contributed by atoms with Crippen LogP contribution in [0.1, 0.15) is 0 Å². The number of anilines is 2. The van der Waals surface area contributed by atoms with Crippen molar-refractivity contribution in [3.8, 4) is 0 Å². The van der Waals surface area contributed by atoms with Gasteiger partial charge in [-0.25, -0.2) is 4.79 Å². The van der Waals surface area contributed by atoms with E-state index in [1.165, 1.54) is 11.1 Å². The number of hydrogen-bond acceptors (Lipinski definition) is 4. The third-order valence-corrected chi connectivity index (χ3v) is 4.32. The first kappa shape index (κ1) is 14.5. The lowest BCUT2D eigenvalue weighted by atomic mass is 10.2. The van der Waals surface area contributed by atoms with Gasteiger partial charge in [-0.05, 0) is 24.3 Å². The van der Waals surface area contributed by atoms with Crippen molar-refractivity contribution < 1.29 is 4.79 Å². The van der Waals surface area contributed by atoms with Gasteiger partial charge in [0.15, 0.2) is 0 Å². The van der Waals surface area contributed by atoms with Gasteiger partial charge in [0.2, 0.25) is 0 Å². The molecule has 2 amide bonds. The van der Waals surface area contributed by atoms with Crippen molar-refractivity contribution in [1.82, 2.24) is 20.1 Å². The normalized spacial score (nSPS) is 14.8. The van der Waals surface area contributed by atoms with E-state index >= 15 is 0 Å². The van der Waals surface area contributed by atoms with E-state index in [1.54, 1.807) is 18.5 Å². The highest BCUT2D eigenvalue weighted by atomic mass is 16.2. The quantitative estimate of drug-likeness (QED) is 0.759. The summed E-state index contributed by atoms with van der Waals surface area (Å²) >= 11 is 0. The number of hydrogen-bond donors (Lipinski definition) is 2. The Kier molecular flexibility index (Phi) is 3.74. The minimum atomic E-state index is -0.0949. The lowest BCUT2D eigenvalue weighted by Crippen LogP contribution is -2.50. The minimum Gasteiger partial charge on any atom is -0.367 e. The Morgan fingerprint density at radius 2 is 1.96 bits per heavy atom. The molecule has 1 aliphatic rings. The first-order valence-corrected chi connectivity index (χ1v) is 7.95. The van der Waals surface area contributed by atoms with E-state index < -0.39 is 0 Å². The third kappa shape index (κ3) is 2.76. The maximum absolute atomic E-state index is 12.3. The van der Waals surface area contributed by atoms with Crippen molar-refractivity contribution in [3.05, 3.63) is 48.9 Å². The molecule has 0 aliphatic carbocycles. The largest absolute Gasteiger partial charge is 0.367 e. The molecule has 7 nitrogen and oxygen atoms in total. The molecule has 0 unspecified atom stereocenters. The molecule has 2 aromatic heterocycles. The van der Waals surface area contributed by atoms with Gasteiger partial charge in [0, 0.05) is 49.0 Å². The Bertz CT molecular complexity index is 838. The Hall–Kier alpha value is -3.09. The number of carbonyl (C=O) groups is 1. The number of rotatable bonds is 2. The van der Waals surface area contributed by atoms with Crippen LogP contribution < -0.4 is 10.2 Å². The van der Waals surface area contributed by atoms with Crippen molar-refractivity contribution in [1.29, 1.82) is 0 Å². The summed E-state index contributed by atoms with van der Waals surface area (Å²) in [5.74, 6) is 0. The van der Waals surface area contributed by atoms with Crippen LogP contribution in [0.2, 0.25) is 0 Å². The molecule has 122 valence electrons. The van der Waals surface area contributed by atoms with Gasteiger partial charge in [0.1, 0.15) is 0 Å². The molecule has 0 spiro atoms. The number of amides is 2. The number of nitrogens with zero attached hydrogens (tertiary/aromatic N) is 4. The van der Waals surface area contributed by atoms with E-state index in [1.807, 2.05) is 11.1 Å². The van der Waals surface area contributed by atoms with E-state index in [4.69, 9.17) is 0 Å². The summed E-state index contributed by atoms with van der Waals surface area (Å²) in [6, 6.07) is 10.00. The molecule has 2 N–H and O–H groups in total. The fourth-order valence-electron chi connectivity index (χ4n) is 3.06. The molecule has 0 saturated carbocycles. The number of nitrogens with one attached hydrogen (secondary N) is 2. The van der Waals surface area contributed by atoms with Crippen molar-refractivity contribution in [2.24, 2.45) is 0 Å². The predicted octanol–water partition coefficient (Wildman–Crippen LogP) is 2.31. The molecule has 1 saturated heterocycles. The van der Waals surface area contributed by atoms with Crippen LogP contribution in [-0.4, -0.2) is 52.3 Å². The number of urea groups is 1. The average molecular weight is 322 g/mol. The number of benzene rings is 1. The number of aromatic amines is 1. The van der Waals surface area contributed by atoms with Gasteiger partial charge in [-0.1, -0.05) is 6.07 Å². The van der Waals surface area contributed by atoms with Crippen LogP contribution in [-0.2, 0) is 0 Å². The summed E-state index contributed by atoms with van der Waals surface area (Å²) in [6.45, 7) is 2.99. The highest BCUT2D eigenvalue weighted by Crippen LogP contribution is 2.27. The summed E-state index contributed by atoms with van der Waals surface area (Å²) in [5.41, 5.74) is 3.01. The number of H-pyrrole nitrogens is 1. The van der Waals surface area contributed by atoms with Gasteiger partial charge >= 0.3 is 6.03 Å². The molecule has 1 fully saturated rings. The Labute approximate surface area is 139 Å². The molecule has 7 heteroatoms. The molecule has 0 atom stereocenters. The summed E-state index contributed by atoms with van der Waals surface area (Å²) in [7, 11) is 0. The minimum absolute atomic E-state index is 0.0949. The van der Waals surface area contributed by atoms with E-state index in [0.29, 0.717) is 18.8 Å². The van der Waals surface area contributed by atoms with E-state index in [0.717, 1.165) is 18.6 Å². The fourth-order valence-corrected chi connectivity index (χ4v) is 3.06. The summed E-state index contributed by atoms with van der Waals surface area (Å²) < 4.78 is 0. The van der Waals surface area contributed by atoms with Crippen LogP contribution in [0.25, 0.3) is 10.9 Å². The highest BCUT2D eigenvalue weighted by molar-refractivity contribution is 5.93. The van der Waals surface area contributed by atoms with Gasteiger partial charge in [-0.15, -0.1) is 0 Å². The number of aromatic nitrogens is 3. The molecule has 4 rings (SSSR count). The lowest BCUT2D eigenvalue weighted by molar-refractivity contribution is 0.208. The third-order valence-electron chi connectivity index (χ3n) is 4.32. The topological polar surface area (TPSA) is 77.2 Å². The van der Waals surface area contributed by atoms with Gasteiger partial charge in [0.25, 0.3) is 0 Å². The van der Waals surface area contributed by atoms with Gasteiger partial charge < -0.3 is 20.1 Å². The molecule has 0 bridgehead atoms. The lowest BCUT2D eigenvalue weighted by Gasteiger charge is -2.36. The van der Waals surface area contributed by atoms with Crippen LogP contribution in [0.4, 0.5) is 16.2 Å². The fraction of sp³-hybridized carbons (Fsp3) is 0.235. The molecule has 3 aromatic rings. The first-order chi connectivity index (χ1) is 11.8. The second-order valence-corrected chi connectivity index (χ2v) is 5.75. The molecular formula is C17H18N6O. The van der Waals surface area contributed by atoms with Crippen LogP contribution in [0.15, 0.2) is 48.9 Å². The van der Waals surface area contributed by atoms with E-state index in [2.05, 4.69) is 49.7 Å². The van der Waals surface area contributed by atoms with Gasteiger partial charge in [0.05, 0.1) is 18.1 Å². The molecule has 0 radical (unpaired) electrons. The maximum atomic E-state index is 12.3. The van der Waals surface area contributed by atoms with Crippen LogP contribution in [0.5, 0.6) is 0 Å². The predicted molar refractivity (Wildman–Crippen MR) is 93.1 cm³/mol. The number of carbonyl (C=O) groups excluding carboxylic acids is 1. The number of piperazine rings is 1. The zero-order chi connectivity index (χ0) is 16.4. The second-order valence-electron chi connectivity index (χ2n) is 5.75. The van der Waals surface area contributed by atoms with Crippen molar-refractivity contribution >= 4 is 28.3 Å². The Morgan fingerprint density at radius 3 is 2.75 bits per heavy atom. The molecule has 1 aromatic carbocycles. The zero-order valence-electron chi connectivity index (χ0n) is 13.1. The summed E-state index contributed by atoms with van der Waals surface area (Å²) in [5, 5.41) is 11.5. The van der Waals surface area contributed by atoms with Gasteiger partial charge in [-0.2, -0.15) is 10.2 Å². The highest BCUT2D eigenvalue weighted by Gasteiger charge is 2.22. The molecular weight excluding hydrogens is 304 g/mol. The summed E-state index contributed by atoms with van der Waals surface area (Å²) in [4.78, 5) is 19.7. The Balaban J connectivity index is 1.41. The number of fused-ring (bicyclic) bond motifs is 1. The smallest absolute Gasteiger partial charge is 0.322 e. The van der Waals surface area contributed by atoms with Crippen molar-refractivity contribution in [2.45, 2.75) is 0 Å². The van der Waals surface area contributed by atoms with Crippen LogP contribution in [0, 0.1) is 0 Å². The maximum Gasteiger partial charge on any atom is 0.322 e. The molecule has 24 heavy (non-hydrogen) atoms. The zero-order valence-corrected chi connectivity index (χ0v) is 13.1. The van der Waals surface area contributed by atoms with Crippen molar-refractivity contribution in [3.63, 3.8) is 0 Å². The Morgan fingerprint density at radius 1 is 1.08 bits per heavy atom. The van der Waals surface area contributed by atoms with E-state index in [-0.39, 0.29) is 6.03 Å².